The number of carbonyl (C=O) groups is 1. The van der Waals surface area contributed by atoms with E-state index < -0.39 is 0 Å². The molecule has 0 aliphatic heterocycles. The van der Waals surface area contributed by atoms with Crippen LogP contribution >= 0.6 is 0 Å². The zero-order valence-corrected chi connectivity index (χ0v) is 17.2. The Morgan fingerprint density at radius 2 is 1.90 bits per heavy atom. The average molecular weight is 409 g/mol. The highest BCUT2D eigenvalue weighted by Gasteiger charge is 2.04. The van der Waals surface area contributed by atoms with E-state index in [0.717, 1.165) is 12.2 Å². The summed E-state index contributed by atoms with van der Waals surface area (Å²) in [4.78, 5) is 16.3. The van der Waals surface area contributed by atoms with Crippen molar-refractivity contribution in [2.75, 3.05) is 26.2 Å². The van der Waals surface area contributed by atoms with Crippen LogP contribution in [0.2, 0.25) is 0 Å². The molecule has 0 saturated carbocycles. The van der Waals surface area contributed by atoms with Crippen LogP contribution in [-0.4, -0.2) is 38.1 Å². The summed E-state index contributed by atoms with van der Waals surface area (Å²) in [5.41, 5.74) is 0. The second-order valence-electron chi connectivity index (χ2n) is 6.69. The molecule has 7 heteroatoms. The van der Waals surface area contributed by atoms with Crippen molar-refractivity contribution in [3.8, 4) is 5.75 Å². The van der Waals surface area contributed by atoms with Crippen LogP contribution in [0.3, 0.4) is 0 Å². The summed E-state index contributed by atoms with van der Waals surface area (Å²) >= 11 is 0. The lowest BCUT2D eigenvalue weighted by atomic mass is 10.1. The maximum Gasteiger partial charge on any atom is 0.242 e. The van der Waals surface area contributed by atoms with Gasteiger partial charge < -0.3 is 25.1 Å². The standard InChI is InChI=1S/C23H28N4O3/c1-2-24-23(27-17-22(28)26-16-21-9-5-13-30-21)25-12-6-14-29-20-11-10-18-7-3-4-8-19(18)15-20/h3-5,7-11,13,15H,2,6,12,14,16-17H2,1H3,(H,26,28)(H2,24,25,27). The largest absolute Gasteiger partial charge is 0.494 e. The molecule has 3 rings (SSSR count). The monoisotopic (exact) mass is 408 g/mol. The van der Waals surface area contributed by atoms with Gasteiger partial charge >= 0.3 is 0 Å². The molecule has 30 heavy (non-hydrogen) atoms. The fourth-order valence-electron chi connectivity index (χ4n) is 2.87. The summed E-state index contributed by atoms with van der Waals surface area (Å²) in [7, 11) is 0. The first-order valence-corrected chi connectivity index (χ1v) is 10.2. The molecule has 1 heterocycles. The molecular formula is C23H28N4O3. The molecule has 2 aromatic carbocycles. The SMILES string of the molecule is CCNC(=NCC(=O)NCc1ccco1)NCCCOc1ccc2ccccc2c1. The van der Waals surface area contributed by atoms with Crippen LogP contribution in [0, 0.1) is 0 Å². The van der Waals surface area contributed by atoms with Crippen LogP contribution in [0.15, 0.2) is 70.3 Å². The van der Waals surface area contributed by atoms with E-state index in [1.807, 2.05) is 31.2 Å². The van der Waals surface area contributed by atoms with Crippen LogP contribution in [-0.2, 0) is 11.3 Å². The van der Waals surface area contributed by atoms with Crippen molar-refractivity contribution in [1.29, 1.82) is 0 Å². The molecule has 7 nitrogen and oxygen atoms in total. The summed E-state index contributed by atoms with van der Waals surface area (Å²) in [6.45, 7) is 4.38. The van der Waals surface area contributed by atoms with Gasteiger partial charge in [0.25, 0.3) is 0 Å². The van der Waals surface area contributed by atoms with Gasteiger partial charge in [0.2, 0.25) is 5.91 Å². The highest BCUT2D eigenvalue weighted by molar-refractivity contribution is 5.85. The lowest BCUT2D eigenvalue weighted by molar-refractivity contribution is -0.119. The van der Waals surface area contributed by atoms with Gasteiger partial charge in [-0.1, -0.05) is 30.3 Å². The Hall–Kier alpha value is -3.48. The molecule has 0 aliphatic carbocycles. The number of nitrogens with one attached hydrogen (secondary N) is 3. The van der Waals surface area contributed by atoms with Gasteiger partial charge in [-0.05, 0) is 48.4 Å². The number of amides is 1. The summed E-state index contributed by atoms with van der Waals surface area (Å²) in [6, 6.07) is 17.9. The van der Waals surface area contributed by atoms with Crippen LogP contribution < -0.4 is 20.7 Å². The smallest absolute Gasteiger partial charge is 0.242 e. The van der Waals surface area contributed by atoms with Crippen LogP contribution in [0.25, 0.3) is 10.8 Å². The van der Waals surface area contributed by atoms with E-state index in [4.69, 9.17) is 9.15 Å². The molecule has 0 aliphatic rings. The average Bonchev–Trinajstić information content (AvgIpc) is 3.29. The second-order valence-corrected chi connectivity index (χ2v) is 6.69. The normalized spacial score (nSPS) is 11.3. The number of fused-ring (bicyclic) bond motifs is 1. The van der Waals surface area contributed by atoms with Gasteiger partial charge in [-0.3, -0.25) is 4.79 Å². The third kappa shape index (κ3) is 6.84. The van der Waals surface area contributed by atoms with E-state index in [1.54, 1.807) is 12.3 Å². The second kappa shape index (κ2) is 11.5. The number of hydrogen-bond donors (Lipinski definition) is 3. The molecule has 0 saturated heterocycles. The minimum absolute atomic E-state index is 0.0453. The van der Waals surface area contributed by atoms with Crippen molar-refractivity contribution in [3.63, 3.8) is 0 Å². The van der Waals surface area contributed by atoms with Crippen molar-refractivity contribution in [2.24, 2.45) is 4.99 Å². The van der Waals surface area contributed by atoms with Crippen LogP contribution in [0.1, 0.15) is 19.1 Å². The summed E-state index contributed by atoms with van der Waals surface area (Å²) < 4.78 is 11.0. The fraction of sp³-hybridized carbons (Fsp3) is 0.304. The molecular weight excluding hydrogens is 380 g/mol. The van der Waals surface area contributed by atoms with E-state index >= 15 is 0 Å². The minimum atomic E-state index is -0.164. The molecule has 0 fully saturated rings. The lowest BCUT2D eigenvalue weighted by Crippen LogP contribution is -2.39. The molecule has 0 atom stereocenters. The number of hydrogen-bond acceptors (Lipinski definition) is 4. The fourth-order valence-corrected chi connectivity index (χ4v) is 2.87. The Bertz CT molecular complexity index is 954. The molecule has 0 unspecified atom stereocenters. The zero-order chi connectivity index (χ0) is 21.0. The third-order valence-electron chi connectivity index (χ3n) is 4.37. The van der Waals surface area contributed by atoms with Crippen LogP contribution in [0.5, 0.6) is 5.75 Å². The van der Waals surface area contributed by atoms with Gasteiger partial charge in [-0.15, -0.1) is 0 Å². The quantitative estimate of drug-likeness (QED) is 0.273. The van der Waals surface area contributed by atoms with E-state index in [1.165, 1.54) is 10.8 Å². The Kier molecular flexibility index (Phi) is 8.14. The Labute approximate surface area is 176 Å². The summed E-state index contributed by atoms with van der Waals surface area (Å²) in [6.07, 6.45) is 2.39. The van der Waals surface area contributed by atoms with Crippen molar-refractivity contribution in [3.05, 3.63) is 66.6 Å². The number of nitrogens with zero attached hydrogens (tertiary/aromatic N) is 1. The van der Waals surface area contributed by atoms with Crippen molar-refractivity contribution in [1.82, 2.24) is 16.0 Å². The van der Waals surface area contributed by atoms with Crippen molar-refractivity contribution < 1.29 is 13.9 Å². The topological polar surface area (TPSA) is 87.9 Å². The molecule has 0 bridgehead atoms. The predicted octanol–water partition coefficient (Wildman–Crippen LogP) is 3.07. The van der Waals surface area contributed by atoms with E-state index in [9.17, 15) is 4.79 Å². The number of furan rings is 1. The third-order valence-corrected chi connectivity index (χ3v) is 4.37. The van der Waals surface area contributed by atoms with Gasteiger partial charge in [0.1, 0.15) is 18.1 Å². The number of carbonyl (C=O) groups excluding carboxylic acids is 1. The number of guanidine groups is 1. The Morgan fingerprint density at radius 1 is 1.03 bits per heavy atom. The predicted molar refractivity (Wildman–Crippen MR) is 119 cm³/mol. The van der Waals surface area contributed by atoms with Crippen molar-refractivity contribution in [2.45, 2.75) is 19.9 Å². The maximum atomic E-state index is 11.9. The maximum absolute atomic E-state index is 11.9. The van der Waals surface area contributed by atoms with Gasteiger partial charge in [0.05, 0.1) is 19.4 Å². The molecule has 3 aromatic rings. The first-order chi connectivity index (χ1) is 14.7. The zero-order valence-electron chi connectivity index (χ0n) is 17.2. The van der Waals surface area contributed by atoms with Crippen molar-refractivity contribution >= 4 is 22.6 Å². The van der Waals surface area contributed by atoms with Gasteiger partial charge in [0, 0.05) is 13.1 Å². The number of benzene rings is 2. The molecule has 3 N–H and O–H groups in total. The molecule has 1 amide bonds. The van der Waals surface area contributed by atoms with Gasteiger partial charge in [0.15, 0.2) is 5.96 Å². The highest BCUT2D eigenvalue weighted by atomic mass is 16.5. The number of aliphatic imine (C=N–C) groups is 1. The number of rotatable bonds is 10. The van der Waals surface area contributed by atoms with Gasteiger partial charge in [-0.2, -0.15) is 0 Å². The van der Waals surface area contributed by atoms with Crippen LogP contribution in [0.4, 0.5) is 0 Å². The molecule has 158 valence electrons. The Balaban J connectivity index is 1.37. The van der Waals surface area contributed by atoms with Gasteiger partial charge in [-0.25, -0.2) is 4.99 Å². The summed E-state index contributed by atoms with van der Waals surface area (Å²) in [5.74, 6) is 2.02. The highest BCUT2D eigenvalue weighted by Crippen LogP contribution is 2.20. The first-order valence-electron chi connectivity index (χ1n) is 10.2. The lowest BCUT2D eigenvalue weighted by Gasteiger charge is -2.12. The minimum Gasteiger partial charge on any atom is -0.494 e. The first kappa shape index (κ1) is 21.2. The molecule has 0 radical (unpaired) electrons. The van der Waals surface area contributed by atoms with E-state index in [2.05, 4.69) is 45.2 Å². The summed E-state index contributed by atoms with van der Waals surface area (Å²) in [5, 5.41) is 11.5. The Morgan fingerprint density at radius 3 is 2.70 bits per heavy atom. The molecule has 0 spiro atoms. The molecule has 1 aromatic heterocycles. The van der Waals surface area contributed by atoms with E-state index in [-0.39, 0.29) is 12.5 Å². The number of ether oxygens (including phenoxy) is 1. The van der Waals surface area contributed by atoms with E-state index in [0.29, 0.717) is 38.0 Å².